The van der Waals surface area contributed by atoms with Gasteiger partial charge in [-0.25, -0.2) is 0 Å². The lowest BCUT2D eigenvalue weighted by atomic mass is 10.2. The van der Waals surface area contributed by atoms with Crippen molar-refractivity contribution in [3.8, 4) is 0 Å². The number of fused-ring (bicyclic) bond motifs is 1. The van der Waals surface area contributed by atoms with E-state index in [1.807, 2.05) is 24.3 Å². The Kier molecular flexibility index (Phi) is 2.33. The third-order valence-electron chi connectivity index (χ3n) is 2.22. The van der Waals surface area contributed by atoms with Crippen LogP contribution in [0.3, 0.4) is 0 Å². The molecular formula is C11H11NO2. The van der Waals surface area contributed by atoms with E-state index in [4.69, 9.17) is 5.11 Å². The average Bonchev–Trinajstić information content (AvgIpc) is 2.23. The van der Waals surface area contributed by atoms with Gasteiger partial charge in [-0.1, -0.05) is 18.2 Å². The van der Waals surface area contributed by atoms with Gasteiger partial charge in [0.05, 0.1) is 12.1 Å². The Labute approximate surface area is 81.2 Å². The maximum absolute atomic E-state index is 11.5. The minimum absolute atomic E-state index is 0.0199. The Balaban J connectivity index is 2.76. The summed E-state index contributed by atoms with van der Waals surface area (Å²) in [6.07, 6.45) is 0. The van der Waals surface area contributed by atoms with Crippen LogP contribution in [0.25, 0.3) is 10.9 Å². The quantitative estimate of drug-likeness (QED) is 0.765. The fraction of sp³-hybridized carbons (Fsp3) is 0.182. The molecule has 1 N–H and O–H groups in total. The van der Waals surface area contributed by atoms with Crippen molar-refractivity contribution < 1.29 is 5.11 Å². The van der Waals surface area contributed by atoms with Gasteiger partial charge in [0.2, 0.25) is 0 Å². The molecule has 0 radical (unpaired) electrons. The van der Waals surface area contributed by atoms with E-state index in [-0.39, 0.29) is 12.2 Å². The van der Waals surface area contributed by atoms with Crippen molar-refractivity contribution in [3.63, 3.8) is 0 Å². The number of aromatic nitrogens is 1. The minimum atomic E-state index is -0.0715. The lowest BCUT2D eigenvalue weighted by Gasteiger charge is -2.07. The van der Waals surface area contributed by atoms with Crippen molar-refractivity contribution in [1.82, 2.24) is 4.57 Å². The lowest BCUT2D eigenvalue weighted by Crippen LogP contribution is -2.20. The van der Waals surface area contributed by atoms with Crippen LogP contribution in [0.2, 0.25) is 0 Å². The van der Waals surface area contributed by atoms with Crippen molar-refractivity contribution in [1.29, 1.82) is 0 Å². The van der Waals surface area contributed by atoms with E-state index in [0.717, 1.165) is 10.9 Å². The summed E-state index contributed by atoms with van der Waals surface area (Å²) < 4.78 is 1.58. The second-order valence-corrected chi connectivity index (χ2v) is 3.11. The predicted octanol–water partition coefficient (Wildman–Crippen LogP) is 0.994. The predicted molar refractivity (Wildman–Crippen MR) is 55.3 cm³/mol. The first-order chi connectivity index (χ1) is 6.83. The first-order valence-corrected chi connectivity index (χ1v) is 4.52. The Hall–Kier alpha value is -1.61. The highest BCUT2D eigenvalue weighted by Crippen LogP contribution is 2.10. The molecule has 14 heavy (non-hydrogen) atoms. The molecule has 0 bridgehead atoms. The van der Waals surface area contributed by atoms with Crippen LogP contribution in [-0.2, 0) is 6.54 Å². The van der Waals surface area contributed by atoms with Gasteiger partial charge in [0.25, 0.3) is 5.56 Å². The Morgan fingerprint density at radius 1 is 1.14 bits per heavy atom. The highest BCUT2D eigenvalue weighted by atomic mass is 16.3. The zero-order chi connectivity index (χ0) is 9.97. The molecule has 0 unspecified atom stereocenters. The molecule has 2 rings (SSSR count). The SMILES string of the molecule is O=c1ccc2ccccc2n1CCO. The van der Waals surface area contributed by atoms with Gasteiger partial charge in [-0.15, -0.1) is 0 Å². The molecule has 72 valence electrons. The summed E-state index contributed by atoms with van der Waals surface area (Å²) in [7, 11) is 0. The Bertz CT molecular complexity index is 502. The van der Waals surface area contributed by atoms with Crippen molar-refractivity contribution in [2.24, 2.45) is 0 Å². The van der Waals surface area contributed by atoms with Gasteiger partial charge in [0.15, 0.2) is 0 Å². The number of hydrogen-bond acceptors (Lipinski definition) is 2. The second-order valence-electron chi connectivity index (χ2n) is 3.11. The normalized spacial score (nSPS) is 10.6. The second kappa shape index (κ2) is 3.64. The van der Waals surface area contributed by atoms with Crippen molar-refractivity contribution >= 4 is 10.9 Å². The van der Waals surface area contributed by atoms with Crippen LogP contribution in [0.5, 0.6) is 0 Å². The van der Waals surface area contributed by atoms with Crippen molar-refractivity contribution in [2.45, 2.75) is 6.54 Å². The monoisotopic (exact) mass is 189 g/mol. The number of nitrogens with zero attached hydrogens (tertiary/aromatic N) is 1. The summed E-state index contributed by atoms with van der Waals surface area (Å²) in [6.45, 7) is 0.327. The number of aliphatic hydroxyl groups is 1. The molecule has 1 aromatic heterocycles. The minimum Gasteiger partial charge on any atom is -0.395 e. The summed E-state index contributed by atoms with van der Waals surface area (Å²) in [5.74, 6) is 0. The molecule has 0 atom stereocenters. The molecule has 0 aliphatic heterocycles. The fourth-order valence-corrected chi connectivity index (χ4v) is 1.57. The largest absolute Gasteiger partial charge is 0.395 e. The third kappa shape index (κ3) is 1.42. The third-order valence-corrected chi connectivity index (χ3v) is 2.22. The molecule has 3 heteroatoms. The number of benzene rings is 1. The molecule has 0 fully saturated rings. The van der Waals surface area contributed by atoms with Crippen molar-refractivity contribution in [3.05, 3.63) is 46.8 Å². The van der Waals surface area contributed by atoms with E-state index in [2.05, 4.69) is 0 Å². The standard InChI is InChI=1S/C11H11NO2/c13-8-7-12-10-4-2-1-3-9(10)5-6-11(12)14/h1-6,13H,7-8H2. The van der Waals surface area contributed by atoms with Gasteiger partial charge < -0.3 is 9.67 Å². The van der Waals surface area contributed by atoms with Crippen LogP contribution in [0.15, 0.2) is 41.2 Å². The molecule has 0 aliphatic rings. The molecule has 0 saturated carbocycles. The van der Waals surface area contributed by atoms with Gasteiger partial charge in [-0.2, -0.15) is 0 Å². The number of aliphatic hydroxyl groups excluding tert-OH is 1. The summed E-state index contributed by atoms with van der Waals surface area (Å²) in [6, 6.07) is 11.0. The molecule has 3 nitrogen and oxygen atoms in total. The maximum atomic E-state index is 11.5. The van der Waals surface area contributed by atoms with Crippen LogP contribution >= 0.6 is 0 Å². The summed E-state index contributed by atoms with van der Waals surface area (Å²) in [5, 5.41) is 9.86. The fourth-order valence-electron chi connectivity index (χ4n) is 1.57. The average molecular weight is 189 g/mol. The molecule has 0 amide bonds. The number of rotatable bonds is 2. The molecule has 1 heterocycles. The summed E-state index contributed by atoms with van der Waals surface area (Å²) in [4.78, 5) is 11.5. The summed E-state index contributed by atoms with van der Waals surface area (Å²) in [5.41, 5.74) is 0.798. The van der Waals surface area contributed by atoms with Crippen LogP contribution in [0.4, 0.5) is 0 Å². The molecule has 2 aromatic rings. The topological polar surface area (TPSA) is 42.2 Å². The Morgan fingerprint density at radius 3 is 2.71 bits per heavy atom. The molecule has 0 aliphatic carbocycles. The molecule has 0 saturated heterocycles. The van der Waals surface area contributed by atoms with Crippen molar-refractivity contribution in [2.75, 3.05) is 6.61 Å². The smallest absolute Gasteiger partial charge is 0.251 e. The molecule has 0 spiro atoms. The van der Waals surface area contributed by atoms with Crippen LogP contribution in [0.1, 0.15) is 0 Å². The highest BCUT2D eigenvalue weighted by Gasteiger charge is 2.00. The molecular weight excluding hydrogens is 178 g/mol. The Morgan fingerprint density at radius 2 is 1.93 bits per heavy atom. The van der Waals surface area contributed by atoms with Gasteiger partial charge >= 0.3 is 0 Å². The first-order valence-electron chi connectivity index (χ1n) is 4.52. The molecule has 1 aromatic carbocycles. The van der Waals surface area contributed by atoms with Crippen LogP contribution in [-0.4, -0.2) is 16.3 Å². The van der Waals surface area contributed by atoms with Crippen LogP contribution in [0, 0.1) is 0 Å². The number of hydrogen-bond donors (Lipinski definition) is 1. The maximum Gasteiger partial charge on any atom is 0.251 e. The number of para-hydroxylation sites is 1. The van der Waals surface area contributed by atoms with Gasteiger partial charge in [0, 0.05) is 12.6 Å². The van der Waals surface area contributed by atoms with E-state index in [1.54, 1.807) is 10.6 Å². The number of pyridine rings is 1. The zero-order valence-electron chi connectivity index (χ0n) is 7.68. The lowest BCUT2D eigenvalue weighted by molar-refractivity contribution is 0.276. The zero-order valence-corrected chi connectivity index (χ0v) is 7.68. The van der Waals surface area contributed by atoms with Gasteiger partial charge in [-0.3, -0.25) is 4.79 Å². The van der Waals surface area contributed by atoms with E-state index in [9.17, 15) is 4.79 Å². The van der Waals surface area contributed by atoms with Crippen LogP contribution < -0.4 is 5.56 Å². The van der Waals surface area contributed by atoms with Gasteiger partial charge in [0.1, 0.15) is 0 Å². The van der Waals surface area contributed by atoms with E-state index < -0.39 is 0 Å². The summed E-state index contributed by atoms with van der Waals surface area (Å²) >= 11 is 0. The van der Waals surface area contributed by atoms with E-state index >= 15 is 0 Å². The highest BCUT2D eigenvalue weighted by molar-refractivity contribution is 5.78. The first kappa shape index (κ1) is 8.97. The van der Waals surface area contributed by atoms with Gasteiger partial charge in [-0.05, 0) is 17.5 Å². The van der Waals surface area contributed by atoms with E-state index in [1.165, 1.54) is 6.07 Å². The van der Waals surface area contributed by atoms with E-state index in [0.29, 0.717) is 6.54 Å².